The summed E-state index contributed by atoms with van der Waals surface area (Å²) in [6, 6.07) is 20.1. The number of hydrogen-bond donors (Lipinski definition) is 2. The number of nitrogens with zero attached hydrogens (tertiary/aromatic N) is 3. The Hall–Kier alpha value is -3.58. The number of aromatic nitrogens is 3. The van der Waals surface area contributed by atoms with E-state index in [1.807, 2.05) is 48.9 Å². The van der Waals surface area contributed by atoms with E-state index in [4.69, 9.17) is 10.1 Å². The van der Waals surface area contributed by atoms with Crippen LogP contribution in [0.3, 0.4) is 0 Å². The Morgan fingerprint density at radius 2 is 1.83 bits per heavy atom. The van der Waals surface area contributed by atoms with Crippen molar-refractivity contribution >= 4 is 40.1 Å². The maximum atomic E-state index is 13.9. The van der Waals surface area contributed by atoms with Crippen molar-refractivity contribution in [1.82, 2.24) is 14.8 Å². The summed E-state index contributed by atoms with van der Waals surface area (Å²) in [7, 11) is 0. The number of benzene rings is 3. The molecule has 0 saturated carbocycles. The van der Waals surface area contributed by atoms with E-state index in [2.05, 4.69) is 54.8 Å². The minimum absolute atomic E-state index is 0.145. The zero-order chi connectivity index (χ0) is 25.2. The zero-order valence-electron chi connectivity index (χ0n) is 21.1. The second-order valence-corrected chi connectivity index (χ2v) is 10.3. The normalized spacial score (nSPS) is 15.1. The topological polar surface area (TPSA) is 71.8 Å². The standard InChI is InChI=1S/C29H31N5OS/c1-5-6-17-36-29-32-28-30-20(4)25(27(35)31-24-16-9-11-18(2)19(24)3)26(34(28)33-29)23-15-10-13-21-12-7-8-14-22(21)23/h7-16,26H,5-6,17H2,1-4H3,(H,31,35)(H,30,32,33). The van der Waals surface area contributed by atoms with E-state index in [1.165, 1.54) is 0 Å². The fourth-order valence-corrected chi connectivity index (χ4v) is 5.56. The van der Waals surface area contributed by atoms with Crippen molar-refractivity contribution in [2.75, 3.05) is 16.4 Å². The van der Waals surface area contributed by atoms with Crippen molar-refractivity contribution in [2.45, 2.75) is 51.7 Å². The third kappa shape index (κ3) is 4.51. The predicted molar refractivity (Wildman–Crippen MR) is 149 cm³/mol. The third-order valence-electron chi connectivity index (χ3n) is 6.78. The van der Waals surface area contributed by atoms with Crippen LogP contribution >= 0.6 is 11.8 Å². The molecule has 1 amide bonds. The van der Waals surface area contributed by atoms with Gasteiger partial charge in [0.2, 0.25) is 11.1 Å². The lowest BCUT2D eigenvalue weighted by atomic mass is 9.91. The molecule has 0 saturated heterocycles. The number of allylic oxidation sites excluding steroid dienone is 1. The van der Waals surface area contributed by atoms with E-state index in [1.54, 1.807) is 11.8 Å². The molecule has 5 rings (SSSR count). The van der Waals surface area contributed by atoms with Gasteiger partial charge in [-0.1, -0.05) is 79.7 Å². The zero-order valence-corrected chi connectivity index (χ0v) is 21.9. The summed E-state index contributed by atoms with van der Waals surface area (Å²) < 4.78 is 1.88. The number of unbranched alkanes of at least 4 members (excludes halogenated alkanes) is 1. The fraction of sp³-hybridized carbons (Fsp3) is 0.276. The number of aryl methyl sites for hydroxylation is 1. The van der Waals surface area contributed by atoms with Gasteiger partial charge in [-0.25, -0.2) is 4.68 Å². The van der Waals surface area contributed by atoms with E-state index in [0.717, 1.165) is 62.6 Å². The third-order valence-corrected chi connectivity index (χ3v) is 7.70. The molecule has 2 heterocycles. The highest BCUT2D eigenvalue weighted by molar-refractivity contribution is 7.99. The fourth-order valence-electron chi connectivity index (χ4n) is 4.65. The maximum Gasteiger partial charge on any atom is 0.255 e. The SMILES string of the molecule is CCCCSc1nc2n(n1)C(c1cccc3ccccc13)C(C(=O)Nc1cccc(C)c1C)=C(C)N2. The van der Waals surface area contributed by atoms with Crippen molar-refractivity contribution < 1.29 is 4.79 Å². The van der Waals surface area contributed by atoms with Crippen LogP contribution in [0.1, 0.15) is 49.4 Å². The van der Waals surface area contributed by atoms with Gasteiger partial charge in [-0.2, -0.15) is 4.98 Å². The summed E-state index contributed by atoms with van der Waals surface area (Å²) in [6.45, 7) is 8.20. The number of fused-ring (bicyclic) bond motifs is 2. The van der Waals surface area contributed by atoms with Crippen LogP contribution in [0.25, 0.3) is 10.8 Å². The van der Waals surface area contributed by atoms with Crippen LogP contribution in [0.5, 0.6) is 0 Å². The number of nitrogens with one attached hydrogen (secondary N) is 2. The summed E-state index contributed by atoms with van der Waals surface area (Å²) in [5.41, 5.74) is 5.45. The van der Waals surface area contributed by atoms with Crippen LogP contribution in [0.2, 0.25) is 0 Å². The van der Waals surface area contributed by atoms with Gasteiger partial charge >= 0.3 is 0 Å². The molecule has 7 heteroatoms. The number of carbonyl (C=O) groups excluding carboxylic acids is 1. The molecule has 1 aliphatic heterocycles. The number of amides is 1. The van der Waals surface area contributed by atoms with Gasteiger partial charge in [0.05, 0.1) is 5.57 Å². The number of thioether (sulfide) groups is 1. The first-order valence-electron chi connectivity index (χ1n) is 12.4. The van der Waals surface area contributed by atoms with Gasteiger partial charge in [0.15, 0.2) is 0 Å². The smallest absolute Gasteiger partial charge is 0.255 e. The number of rotatable bonds is 7. The van der Waals surface area contributed by atoms with Crippen molar-refractivity contribution in [3.8, 4) is 0 Å². The Balaban J connectivity index is 1.62. The Morgan fingerprint density at radius 3 is 2.67 bits per heavy atom. The second-order valence-electron chi connectivity index (χ2n) is 9.20. The van der Waals surface area contributed by atoms with Gasteiger partial charge in [0.1, 0.15) is 6.04 Å². The Kier molecular flexibility index (Phi) is 6.83. The summed E-state index contributed by atoms with van der Waals surface area (Å²) in [6.07, 6.45) is 2.23. The van der Waals surface area contributed by atoms with Gasteiger partial charge in [-0.3, -0.25) is 4.79 Å². The Morgan fingerprint density at radius 1 is 1.06 bits per heavy atom. The molecule has 0 radical (unpaired) electrons. The van der Waals surface area contributed by atoms with Crippen molar-refractivity contribution in [3.05, 3.63) is 88.6 Å². The molecule has 1 atom stereocenters. The van der Waals surface area contributed by atoms with Gasteiger partial charge in [0.25, 0.3) is 5.91 Å². The molecule has 0 bridgehead atoms. The summed E-state index contributed by atoms with van der Waals surface area (Å²) in [5.74, 6) is 1.48. The second kappa shape index (κ2) is 10.2. The molecular weight excluding hydrogens is 466 g/mol. The van der Waals surface area contributed by atoms with Gasteiger partial charge in [-0.15, -0.1) is 5.10 Å². The van der Waals surface area contributed by atoms with E-state index in [-0.39, 0.29) is 5.91 Å². The molecule has 0 aliphatic carbocycles. The molecule has 6 nitrogen and oxygen atoms in total. The van der Waals surface area contributed by atoms with E-state index in [9.17, 15) is 4.79 Å². The Labute approximate surface area is 216 Å². The van der Waals surface area contributed by atoms with Gasteiger partial charge < -0.3 is 10.6 Å². The lowest BCUT2D eigenvalue weighted by Gasteiger charge is -2.29. The summed E-state index contributed by atoms with van der Waals surface area (Å²) in [5, 5.41) is 14.4. The van der Waals surface area contributed by atoms with Crippen LogP contribution in [-0.4, -0.2) is 26.4 Å². The van der Waals surface area contributed by atoms with E-state index >= 15 is 0 Å². The average molecular weight is 498 g/mol. The van der Waals surface area contributed by atoms with Crippen LogP contribution < -0.4 is 10.6 Å². The highest BCUT2D eigenvalue weighted by Crippen LogP contribution is 2.39. The molecule has 1 unspecified atom stereocenters. The minimum Gasteiger partial charge on any atom is -0.328 e. The summed E-state index contributed by atoms with van der Waals surface area (Å²) in [4.78, 5) is 18.7. The summed E-state index contributed by atoms with van der Waals surface area (Å²) >= 11 is 1.65. The minimum atomic E-state index is -0.412. The number of carbonyl (C=O) groups is 1. The molecule has 1 aromatic heterocycles. The van der Waals surface area contributed by atoms with Crippen molar-refractivity contribution in [1.29, 1.82) is 0 Å². The first kappa shape index (κ1) is 24.1. The van der Waals surface area contributed by atoms with Crippen LogP contribution in [-0.2, 0) is 4.79 Å². The molecule has 2 N–H and O–H groups in total. The lowest BCUT2D eigenvalue weighted by Crippen LogP contribution is -2.31. The van der Waals surface area contributed by atoms with Crippen LogP contribution in [0, 0.1) is 13.8 Å². The van der Waals surface area contributed by atoms with Gasteiger partial charge in [0, 0.05) is 17.1 Å². The average Bonchev–Trinajstić information content (AvgIpc) is 3.28. The molecule has 3 aromatic carbocycles. The highest BCUT2D eigenvalue weighted by atomic mass is 32.2. The first-order valence-corrected chi connectivity index (χ1v) is 13.4. The van der Waals surface area contributed by atoms with Crippen LogP contribution in [0.15, 0.2) is 77.1 Å². The monoisotopic (exact) mass is 497 g/mol. The largest absolute Gasteiger partial charge is 0.328 e. The highest BCUT2D eigenvalue weighted by Gasteiger charge is 2.35. The first-order chi connectivity index (χ1) is 17.5. The number of hydrogen-bond acceptors (Lipinski definition) is 5. The molecular formula is C29H31N5OS. The quantitative estimate of drug-likeness (QED) is 0.215. The van der Waals surface area contributed by atoms with Gasteiger partial charge in [-0.05, 0) is 60.7 Å². The van der Waals surface area contributed by atoms with Crippen LogP contribution in [0.4, 0.5) is 11.6 Å². The van der Waals surface area contributed by atoms with E-state index in [0.29, 0.717) is 11.5 Å². The predicted octanol–water partition coefficient (Wildman–Crippen LogP) is 6.87. The lowest BCUT2D eigenvalue weighted by molar-refractivity contribution is -0.113. The molecule has 184 valence electrons. The molecule has 1 aliphatic rings. The maximum absolute atomic E-state index is 13.9. The molecule has 0 fully saturated rings. The molecule has 36 heavy (non-hydrogen) atoms. The number of anilines is 2. The molecule has 0 spiro atoms. The molecule has 4 aromatic rings. The van der Waals surface area contributed by atoms with Crippen molar-refractivity contribution in [3.63, 3.8) is 0 Å². The Bertz CT molecular complexity index is 1470. The van der Waals surface area contributed by atoms with Crippen molar-refractivity contribution in [2.24, 2.45) is 0 Å². The van der Waals surface area contributed by atoms with E-state index < -0.39 is 6.04 Å².